The molecule has 108 valence electrons. The molecule has 2 rings (SSSR count). The Bertz CT molecular complexity index is 509. The summed E-state index contributed by atoms with van der Waals surface area (Å²) in [6, 6.07) is 3.64. The first-order chi connectivity index (χ1) is 9.63. The average molecular weight is 295 g/mol. The number of hydrogen-bond acceptors (Lipinski definition) is 5. The number of rotatable bonds is 5. The number of ether oxygens (including phenoxy) is 1. The van der Waals surface area contributed by atoms with E-state index in [0.717, 1.165) is 10.7 Å². The van der Waals surface area contributed by atoms with Crippen LogP contribution in [-0.2, 0) is 14.3 Å². The second kappa shape index (κ2) is 6.71. The highest BCUT2D eigenvalue weighted by atomic mass is 32.2. The molecule has 7 heteroatoms. The third kappa shape index (κ3) is 3.29. The number of nitrogens with zero attached hydrogens (tertiary/aromatic N) is 2. The van der Waals surface area contributed by atoms with Crippen LogP contribution in [0.1, 0.15) is 6.42 Å². The molecule has 0 saturated heterocycles. The van der Waals surface area contributed by atoms with E-state index in [1.165, 1.54) is 11.8 Å². The van der Waals surface area contributed by atoms with Gasteiger partial charge in [-0.3, -0.25) is 9.59 Å². The number of hydrogen-bond donors (Lipinski definition) is 1. The molecule has 1 aliphatic rings. The highest BCUT2D eigenvalue weighted by molar-refractivity contribution is 8.00. The summed E-state index contributed by atoms with van der Waals surface area (Å²) in [6.45, 7) is 0.910. The lowest BCUT2D eigenvalue weighted by atomic mass is 10.2. The number of methoxy groups -OCH3 is 1. The molecule has 0 fully saturated rings. The van der Waals surface area contributed by atoms with Gasteiger partial charge in [-0.05, 0) is 12.1 Å². The Morgan fingerprint density at radius 1 is 1.60 bits per heavy atom. The van der Waals surface area contributed by atoms with Gasteiger partial charge in [-0.25, -0.2) is 4.98 Å². The lowest BCUT2D eigenvalue weighted by molar-refractivity contribution is -0.124. The highest BCUT2D eigenvalue weighted by Gasteiger charge is 2.33. The van der Waals surface area contributed by atoms with Crippen molar-refractivity contribution in [3.63, 3.8) is 0 Å². The Morgan fingerprint density at radius 2 is 2.40 bits per heavy atom. The fourth-order valence-corrected chi connectivity index (χ4v) is 3.12. The minimum Gasteiger partial charge on any atom is -0.383 e. The maximum absolute atomic E-state index is 12.2. The van der Waals surface area contributed by atoms with E-state index in [1.807, 2.05) is 6.07 Å². The van der Waals surface area contributed by atoms with Crippen LogP contribution in [-0.4, -0.2) is 49.4 Å². The smallest absolute Gasteiger partial charge is 0.240 e. The molecule has 1 atom stereocenters. The second-order valence-electron chi connectivity index (χ2n) is 4.38. The van der Waals surface area contributed by atoms with E-state index in [2.05, 4.69) is 10.3 Å². The van der Waals surface area contributed by atoms with Gasteiger partial charge in [0.2, 0.25) is 11.8 Å². The molecule has 0 bridgehead atoms. The molecule has 1 N–H and O–H groups in total. The summed E-state index contributed by atoms with van der Waals surface area (Å²) < 4.78 is 4.86. The van der Waals surface area contributed by atoms with Crippen LogP contribution in [0.5, 0.6) is 0 Å². The largest absolute Gasteiger partial charge is 0.383 e. The quantitative estimate of drug-likeness (QED) is 0.809. The summed E-state index contributed by atoms with van der Waals surface area (Å²) in [5, 5.41) is 3.08. The summed E-state index contributed by atoms with van der Waals surface area (Å²) in [7, 11) is 3.28. The van der Waals surface area contributed by atoms with E-state index < -0.39 is 5.25 Å². The third-order valence-corrected chi connectivity index (χ3v) is 4.16. The van der Waals surface area contributed by atoms with Crippen LogP contribution >= 0.6 is 11.8 Å². The molecule has 2 heterocycles. The second-order valence-corrected chi connectivity index (χ2v) is 5.57. The van der Waals surface area contributed by atoms with Gasteiger partial charge in [-0.1, -0.05) is 11.8 Å². The van der Waals surface area contributed by atoms with Gasteiger partial charge in [0, 0.05) is 33.3 Å². The van der Waals surface area contributed by atoms with Crippen molar-refractivity contribution in [2.24, 2.45) is 0 Å². The van der Waals surface area contributed by atoms with Crippen molar-refractivity contribution >= 4 is 29.3 Å². The van der Waals surface area contributed by atoms with Crippen LogP contribution < -0.4 is 10.2 Å². The first-order valence-corrected chi connectivity index (χ1v) is 7.16. The van der Waals surface area contributed by atoms with Crippen LogP contribution in [0.15, 0.2) is 23.4 Å². The van der Waals surface area contributed by atoms with Crippen molar-refractivity contribution in [2.45, 2.75) is 16.7 Å². The van der Waals surface area contributed by atoms with Gasteiger partial charge >= 0.3 is 0 Å². The van der Waals surface area contributed by atoms with E-state index in [9.17, 15) is 9.59 Å². The fourth-order valence-electron chi connectivity index (χ4n) is 1.91. The Morgan fingerprint density at radius 3 is 3.15 bits per heavy atom. The molecule has 2 amide bonds. The van der Waals surface area contributed by atoms with Crippen LogP contribution in [0.2, 0.25) is 0 Å². The topological polar surface area (TPSA) is 71.5 Å². The minimum absolute atomic E-state index is 0.0719. The van der Waals surface area contributed by atoms with E-state index in [1.54, 1.807) is 31.3 Å². The molecule has 0 aliphatic carbocycles. The molecule has 1 aromatic heterocycles. The summed E-state index contributed by atoms with van der Waals surface area (Å²) >= 11 is 1.34. The van der Waals surface area contributed by atoms with Crippen molar-refractivity contribution in [2.75, 3.05) is 32.2 Å². The van der Waals surface area contributed by atoms with Crippen molar-refractivity contribution in [3.8, 4) is 0 Å². The van der Waals surface area contributed by atoms with E-state index in [4.69, 9.17) is 4.74 Å². The monoisotopic (exact) mass is 295 g/mol. The van der Waals surface area contributed by atoms with Crippen LogP contribution in [0.4, 0.5) is 5.69 Å². The first kappa shape index (κ1) is 14.8. The normalized spacial score (nSPS) is 17.8. The Hall–Kier alpha value is -1.60. The van der Waals surface area contributed by atoms with E-state index in [-0.39, 0.29) is 18.2 Å². The molecular weight excluding hydrogens is 278 g/mol. The summed E-state index contributed by atoms with van der Waals surface area (Å²) in [4.78, 5) is 29.8. The van der Waals surface area contributed by atoms with Gasteiger partial charge in [0.15, 0.2) is 0 Å². The number of aromatic nitrogens is 1. The highest BCUT2D eigenvalue weighted by Crippen LogP contribution is 2.37. The van der Waals surface area contributed by atoms with E-state index >= 15 is 0 Å². The average Bonchev–Trinajstić information content (AvgIpc) is 2.45. The molecule has 1 aromatic rings. The predicted octanol–water partition coefficient (Wildman–Crippen LogP) is 0.671. The Labute approximate surface area is 121 Å². The van der Waals surface area contributed by atoms with Gasteiger partial charge in [-0.15, -0.1) is 0 Å². The first-order valence-electron chi connectivity index (χ1n) is 6.28. The zero-order valence-corrected chi connectivity index (χ0v) is 12.3. The van der Waals surface area contributed by atoms with Gasteiger partial charge in [0.1, 0.15) is 5.03 Å². The summed E-state index contributed by atoms with van der Waals surface area (Å²) in [5.41, 5.74) is 0.790. The maximum Gasteiger partial charge on any atom is 0.240 e. The van der Waals surface area contributed by atoms with Crippen molar-refractivity contribution < 1.29 is 14.3 Å². The lowest BCUT2D eigenvalue weighted by Gasteiger charge is -2.29. The van der Waals surface area contributed by atoms with Crippen molar-refractivity contribution in [3.05, 3.63) is 18.3 Å². The number of carbonyl (C=O) groups is 2. The number of fused-ring (bicyclic) bond motifs is 1. The number of carbonyl (C=O) groups excluding carboxylic acids is 2. The van der Waals surface area contributed by atoms with Gasteiger partial charge < -0.3 is 15.0 Å². The Kier molecular flexibility index (Phi) is 4.97. The zero-order chi connectivity index (χ0) is 14.5. The molecule has 0 radical (unpaired) electrons. The predicted molar refractivity (Wildman–Crippen MR) is 76.8 cm³/mol. The van der Waals surface area contributed by atoms with Crippen molar-refractivity contribution in [1.82, 2.24) is 10.3 Å². The van der Waals surface area contributed by atoms with Crippen LogP contribution in [0.25, 0.3) is 0 Å². The molecule has 0 aromatic carbocycles. The molecular formula is C13H17N3O3S. The van der Waals surface area contributed by atoms with Crippen molar-refractivity contribution in [1.29, 1.82) is 0 Å². The number of pyridine rings is 1. The Balaban J connectivity index is 2.00. The SMILES string of the molecule is COCCNC(=O)CC1Sc2ncccc2N(C)C1=O. The summed E-state index contributed by atoms with van der Waals surface area (Å²) in [5.74, 6) is -0.224. The molecule has 6 nitrogen and oxygen atoms in total. The standard InChI is InChI=1S/C13H17N3O3S/c1-16-9-4-3-5-15-12(9)20-10(13(16)18)8-11(17)14-6-7-19-2/h3-5,10H,6-8H2,1-2H3,(H,14,17). The number of nitrogens with one attached hydrogen (secondary N) is 1. The number of anilines is 1. The number of thioether (sulfide) groups is 1. The van der Waals surface area contributed by atoms with Crippen LogP contribution in [0, 0.1) is 0 Å². The van der Waals surface area contributed by atoms with Gasteiger partial charge in [0.05, 0.1) is 17.5 Å². The minimum atomic E-state index is -0.426. The molecule has 20 heavy (non-hydrogen) atoms. The number of amides is 2. The van der Waals surface area contributed by atoms with Gasteiger partial charge in [0.25, 0.3) is 0 Å². The summed E-state index contributed by atoms with van der Waals surface area (Å²) in [6.07, 6.45) is 1.83. The molecule has 0 spiro atoms. The fraction of sp³-hybridized carbons (Fsp3) is 0.462. The van der Waals surface area contributed by atoms with Crippen LogP contribution in [0.3, 0.4) is 0 Å². The maximum atomic E-state index is 12.2. The van der Waals surface area contributed by atoms with Gasteiger partial charge in [-0.2, -0.15) is 0 Å². The lowest BCUT2D eigenvalue weighted by Crippen LogP contribution is -2.41. The zero-order valence-electron chi connectivity index (χ0n) is 11.5. The third-order valence-electron chi connectivity index (χ3n) is 2.97. The molecule has 1 aliphatic heterocycles. The molecule has 1 unspecified atom stereocenters. The molecule has 0 saturated carbocycles. The van der Waals surface area contributed by atoms with E-state index in [0.29, 0.717) is 13.2 Å².